The monoisotopic (exact) mass is 334 g/mol. The van der Waals surface area contributed by atoms with Gasteiger partial charge in [0, 0.05) is 25.5 Å². The number of aryl methyl sites for hydroxylation is 1. The third kappa shape index (κ3) is 2.78. The number of fused-ring (bicyclic) bond motifs is 1. The molecule has 0 aliphatic heterocycles. The van der Waals surface area contributed by atoms with E-state index in [4.69, 9.17) is 5.73 Å². The van der Waals surface area contributed by atoms with Crippen molar-refractivity contribution in [3.05, 3.63) is 54.4 Å². The molecule has 0 saturated heterocycles. The van der Waals surface area contributed by atoms with Crippen molar-refractivity contribution in [2.24, 2.45) is 0 Å². The highest BCUT2D eigenvalue weighted by atomic mass is 15.4. The van der Waals surface area contributed by atoms with Gasteiger partial charge in [-0.3, -0.25) is 4.57 Å². The van der Waals surface area contributed by atoms with Crippen LogP contribution in [-0.4, -0.2) is 29.3 Å². The van der Waals surface area contributed by atoms with E-state index in [1.54, 1.807) is 10.9 Å². The van der Waals surface area contributed by atoms with Crippen LogP contribution < -0.4 is 11.1 Å². The van der Waals surface area contributed by atoms with Gasteiger partial charge in [0.15, 0.2) is 17.0 Å². The smallest absolute Gasteiger partial charge is 0.233 e. The molecule has 0 unspecified atom stereocenters. The first kappa shape index (κ1) is 15.1. The van der Waals surface area contributed by atoms with Crippen molar-refractivity contribution < 1.29 is 0 Å². The van der Waals surface area contributed by atoms with Gasteiger partial charge in [-0.1, -0.05) is 30.3 Å². The lowest BCUT2D eigenvalue weighted by atomic mass is 10.2. The molecule has 3 heterocycles. The molecule has 4 rings (SSSR count). The Balaban J connectivity index is 1.73. The molecule has 4 aromatic rings. The van der Waals surface area contributed by atoms with Crippen LogP contribution in [0.1, 0.15) is 12.5 Å². The van der Waals surface area contributed by atoms with Crippen LogP contribution >= 0.6 is 0 Å². The molecule has 0 spiro atoms. The first-order valence-electron chi connectivity index (χ1n) is 8.08. The van der Waals surface area contributed by atoms with Crippen LogP contribution in [0.3, 0.4) is 0 Å². The molecule has 0 bridgehead atoms. The van der Waals surface area contributed by atoms with Crippen LogP contribution in [0.25, 0.3) is 17.1 Å². The first-order chi connectivity index (χ1) is 12.3. The number of anilines is 2. The van der Waals surface area contributed by atoms with E-state index in [9.17, 15) is 0 Å². The number of aromatic nitrogens is 6. The Labute approximate surface area is 144 Å². The van der Waals surface area contributed by atoms with Crippen LogP contribution in [0.4, 0.5) is 11.8 Å². The highest BCUT2D eigenvalue weighted by Gasteiger charge is 2.17. The fourth-order valence-electron chi connectivity index (χ4n) is 2.72. The predicted octanol–water partition coefficient (Wildman–Crippen LogP) is 2.23. The Morgan fingerprint density at radius 1 is 1.08 bits per heavy atom. The molecular weight excluding hydrogens is 316 g/mol. The SMILES string of the molecule is CCn1c(-n2cccn2)nc2c(N)nc(NCc3ccccc3)nc21. The van der Waals surface area contributed by atoms with Crippen LogP contribution in [-0.2, 0) is 13.1 Å². The van der Waals surface area contributed by atoms with Gasteiger partial charge in [-0.25, -0.2) is 9.67 Å². The summed E-state index contributed by atoms with van der Waals surface area (Å²) in [6.07, 6.45) is 3.55. The normalized spacial score (nSPS) is 11.1. The van der Waals surface area contributed by atoms with Crippen LogP contribution in [0.15, 0.2) is 48.8 Å². The number of rotatable bonds is 5. The molecule has 0 radical (unpaired) electrons. The summed E-state index contributed by atoms with van der Waals surface area (Å²) in [6, 6.07) is 11.9. The Bertz CT molecular complexity index is 989. The highest BCUT2D eigenvalue weighted by molar-refractivity contribution is 5.84. The number of hydrogen-bond acceptors (Lipinski definition) is 6. The molecule has 8 nitrogen and oxygen atoms in total. The van der Waals surface area contributed by atoms with E-state index in [-0.39, 0.29) is 0 Å². The molecular formula is C17H18N8. The minimum atomic E-state index is 0.348. The molecule has 0 fully saturated rings. The van der Waals surface area contributed by atoms with Gasteiger partial charge in [0.2, 0.25) is 11.9 Å². The van der Waals surface area contributed by atoms with E-state index >= 15 is 0 Å². The molecule has 0 saturated carbocycles. The van der Waals surface area contributed by atoms with E-state index < -0.39 is 0 Å². The van der Waals surface area contributed by atoms with Crippen LogP contribution in [0.2, 0.25) is 0 Å². The fourth-order valence-corrected chi connectivity index (χ4v) is 2.72. The summed E-state index contributed by atoms with van der Waals surface area (Å²) >= 11 is 0. The third-order valence-corrected chi connectivity index (χ3v) is 3.92. The number of nitrogens with one attached hydrogen (secondary N) is 1. The van der Waals surface area contributed by atoms with Gasteiger partial charge < -0.3 is 11.1 Å². The second-order valence-electron chi connectivity index (χ2n) is 5.55. The quantitative estimate of drug-likeness (QED) is 0.580. The summed E-state index contributed by atoms with van der Waals surface area (Å²) in [4.78, 5) is 13.5. The van der Waals surface area contributed by atoms with Gasteiger partial charge in [-0.2, -0.15) is 15.1 Å². The van der Waals surface area contributed by atoms with Crippen molar-refractivity contribution in [3.63, 3.8) is 0 Å². The third-order valence-electron chi connectivity index (χ3n) is 3.92. The molecule has 0 aliphatic carbocycles. The van der Waals surface area contributed by atoms with Crippen LogP contribution in [0, 0.1) is 0 Å². The minimum absolute atomic E-state index is 0.348. The van der Waals surface area contributed by atoms with Crippen molar-refractivity contribution in [1.29, 1.82) is 0 Å². The Kier molecular flexibility index (Phi) is 3.77. The predicted molar refractivity (Wildman–Crippen MR) is 96.3 cm³/mol. The second-order valence-corrected chi connectivity index (χ2v) is 5.55. The van der Waals surface area contributed by atoms with Gasteiger partial charge in [0.1, 0.15) is 0 Å². The Hall–Kier alpha value is -3.42. The molecule has 0 amide bonds. The molecule has 126 valence electrons. The van der Waals surface area contributed by atoms with Gasteiger partial charge in [-0.15, -0.1) is 0 Å². The maximum absolute atomic E-state index is 6.12. The van der Waals surface area contributed by atoms with E-state index in [1.807, 2.05) is 54.1 Å². The molecule has 1 aromatic carbocycles. The Morgan fingerprint density at radius 3 is 2.64 bits per heavy atom. The number of hydrogen-bond donors (Lipinski definition) is 2. The zero-order valence-electron chi connectivity index (χ0n) is 13.8. The molecule has 25 heavy (non-hydrogen) atoms. The number of benzene rings is 1. The van der Waals surface area contributed by atoms with E-state index in [0.717, 1.165) is 5.56 Å². The van der Waals surface area contributed by atoms with Gasteiger partial charge in [0.05, 0.1) is 0 Å². The highest BCUT2D eigenvalue weighted by Crippen LogP contribution is 2.22. The standard InChI is InChI=1S/C17H18N8/c1-2-24-15-13(21-17(24)25-10-6-9-20-25)14(18)22-16(23-15)19-11-12-7-4-3-5-8-12/h3-10H,2,11H2,1H3,(H3,18,19,22,23). The second kappa shape index (κ2) is 6.23. The maximum Gasteiger partial charge on any atom is 0.233 e. The lowest BCUT2D eigenvalue weighted by molar-refractivity contribution is 0.697. The van der Waals surface area contributed by atoms with Crippen molar-refractivity contribution >= 4 is 22.9 Å². The van der Waals surface area contributed by atoms with E-state index in [2.05, 4.69) is 25.4 Å². The Morgan fingerprint density at radius 2 is 1.92 bits per heavy atom. The van der Waals surface area contributed by atoms with Gasteiger partial charge >= 0.3 is 0 Å². The molecule has 3 aromatic heterocycles. The van der Waals surface area contributed by atoms with Crippen molar-refractivity contribution in [3.8, 4) is 5.95 Å². The molecule has 3 N–H and O–H groups in total. The zero-order valence-corrected chi connectivity index (χ0v) is 13.8. The van der Waals surface area contributed by atoms with Crippen molar-refractivity contribution in [2.45, 2.75) is 20.0 Å². The molecule has 0 atom stereocenters. The van der Waals surface area contributed by atoms with E-state index in [1.165, 1.54) is 0 Å². The summed E-state index contributed by atoms with van der Waals surface area (Å²) in [5, 5.41) is 7.47. The maximum atomic E-state index is 6.12. The van der Waals surface area contributed by atoms with Crippen LogP contribution in [0.5, 0.6) is 0 Å². The summed E-state index contributed by atoms with van der Waals surface area (Å²) in [5.74, 6) is 1.50. The van der Waals surface area contributed by atoms with Crippen molar-refractivity contribution in [1.82, 2.24) is 29.3 Å². The first-order valence-corrected chi connectivity index (χ1v) is 8.08. The average molecular weight is 334 g/mol. The average Bonchev–Trinajstić information content (AvgIpc) is 3.28. The summed E-state index contributed by atoms with van der Waals surface area (Å²) < 4.78 is 3.66. The molecule has 8 heteroatoms. The minimum Gasteiger partial charge on any atom is -0.382 e. The fraction of sp³-hybridized carbons (Fsp3) is 0.176. The lowest BCUT2D eigenvalue weighted by Crippen LogP contribution is -2.08. The van der Waals surface area contributed by atoms with Gasteiger partial charge in [-0.05, 0) is 18.6 Å². The number of nitrogens with zero attached hydrogens (tertiary/aromatic N) is 6. The summed E-state index contributed by atoms with van der Waals surface area (Å²) in [7, 11) is 0. The van der Waals surface area contributed by atoms with E-state index in [0.29, 0.717) is 42.0 Å². The topological polar surface area (TPSA) is 99.5 Å². The summed E-state index contributed by atoms with van der Waals surface area (Å²) in [5.41, 5.74) is 8.54. The molecule has 0 aliphatic rings. The zero-order chi connectivity index (χ0) is 17.2. The largest absolute Gasteiger partial charge is 0.382 e. The van der Waals surface area contributed by atoms with Crippen molar-refractivity contribution in [2.75, 3.05) is 11.1 Å². The number of imidazole rings is 1. The summed E-state index contributed by atoms with van der Waals surface area (Å²) in [6.45, 7) is 3.35. The van der Waals surface area contributed by atoms with Gasteiger partial charge in [0.25, 0.3) is 0 Å². The lowest BCUT2D eigenvalue weighted by Gasteiger charge is -2.07. The number of nitrogens with two attached hydrogens (primary N) is 1. The number of nitrogen functional groups attached to an aromatic ring is 1.